The van der Waals surface area contributed by atoms with Crippen molar-refractivity contribution in [2.75, 3.05) is 43.4 Å². The summed E-state index contributed by atoms with van der Waals surface area (Å²) in [5.74, 6) is 0.926. The molecule has 0 spiro atoms. The minimum atomic E-state index is -1.87. The zero-order valence-electron chi connectivity index (χ0n) is 21.3. The van der Waals surface area contributed by atoms with Crippen molar-refractivity contribution in [2.24, 2.45) is 0 Å². The van der Waals surface area contributed by atoms with Crippen LogP contribution in [-0.4, -0.2) is 81.2 Å². The number of hydrogen-bond acceptors (Lipinski definition) is 9. The Kier molecular flexibility index (Phi) is 7.42. The number of aromatic nitrogens is 2. The van der Waals surface area contributed by atoms with E-state index in [1.807, 2.05) is 18.0 Å². The predicted molar refractivity (Wildman–Crippen MR) is 136 cm³/mol. The third-order valence-corrected chi connectivity index (χ3v) is 6.89. The van der Waals surface area contributed by atoms with Gasteiger partial charge in [-0.25, -0.2) is 14.8 Å². The lowest BCUT2D eigenvalue weighted by atomic mass is 10.0. The van der Waals surface area contributed by atoms with Crippen LogP contribution in [-0.2, 0) is 17.8 Å². The standard InChI is InChI=1S/C26H31N7O5/c1-31-7-3-8-32(22(34)15-31)14-17-10-16-4-2-9-33(24(16)30-23(17)25(35)36)26(37)29-21-11-20(38-19-5-6-19)18(12-27)13-28-21/h10-11,13,19,25,35-36H,2-9,14-15H2,1H3,(H,28,29,37). The summed E-state index contributed by atoms with van der Waals surface area (Å²) in [6, 6.07) is 4.92. The van der Waals surface area contributed by atoms with E-state index in [9.17, 15) is 25.1 Å². The summed E-state index contributed by atoms with van der Waals surface area (Å²) in [4.78, 5) is 39.8. The monoisotopic (exact) mass is 521 g/mol. The summed E-state index contributed by atoms with van der Waals surface area (Å²) in [5.41, 5.74) is 1.65. The van der Waals surface area contributed by atoms with E-state index in [1.54, 1.807) is 4.90 Å². The summed E-state index contributed by atoms with van der Waals surface area (Å²) >= 11 is 0. The Morgan fingerprint density at radius 2 is 2.08 bits per heavy atom. The van der Waals surface area contributed by atoms with Crippen LogP contribution < -0.4 is 15.0 Å². The molecule has 1 aliphatic carbocycles. The summed E-state index contributed by atoms with van der Waals surface area (Å²) < 4.78 is 5.78. The smallest absolute Gasteiger partial charge is 0.328 e. The van der Waals surface area contributed by atoms with Gasteiger partial charge in [0.2, 0.25) is 5.91 Å². The van der Waals surface area contributed by atoms with E-state index in [-0.39, 0.29) is 30.1 Å². The number of hydrogen-bond donors (Lipinski definition) is 3. The molecule has 2 aromatic rings. The van der Waals surface area contributed by atoms with Gasteiger partial charge in [-0.3, -0.25) is 19.9 Å². The average Bonchev–Trinajstić information content (AvgIpc) is 3.72. The topological polar surface area (TPSA) is 155 Å². The molecule has 0 aromatic carbocycles. The molecule has 5 rings (SSSR count). The number of nitrogens with zero attached hydrogens (tertiary/aromatic N) is 6. The average molecular weight is 522 g/mol. The predicted octanol–water partition coefficient (Wildman–Crippen LogP) is 1.52. The highest BCUT2D eigenvalue weighted by molar-refractivity contribution is 6.01. The van der Waals surface area contributed by atoms with E-state index in [2.05, 4.69) is 21.4 Å². The Balaban J connectivity index is 1.38. The fourth-order valence-corrected chi connectivity index (χ4v) is 4.77. The minimum Gasteiger partial charge on any atom is -0.489 e. The highest BCUT2D eigenvalue weighted by Gasteiger charge is 2.30. The molecule has 3 amide bonds. The largest absolute Gasteiger partial charge is 0.489 e. The van der Waals surface area contributed by atoms with Crippen molar-refractivity contribution < 1.29 is 24.5 Å². The molecule has 12 heteroatoms. The number of ether oxygens (including phenoxy) is 1. The van der Waals surface area contributed by atoms with Crippen LogP contribution in [0.2, 0.25) is 0 Å². The van der Waals surface area contributed by atoms with E-state index in [1.165, 1.54) is 17.2 Å². The molecule has 38 heavy (non-hydrogen) atoms. The first-order valence-electron chi connectivity index (χ1n) is 12.8. The third kappa shape index (κ3) is 5.70. The zero-order chi connectivity index (χ0) is 26.8. The molecule has 2 aromatic heterocycles. The van der Waals surface area contributed by atoms with Crippen LogP contribution in [0.3, 0.4) is 0 Å². The molecule has 1 saturated heterocycles. The van der Waals surface area contributed by atoms with E-state index < -0.39 is 12.3 Å². The van der Waals surface area contributed by atoms with Gasteiger partial charge in [0.1, 0.15) is 34.7 Å². The Morgan fingerprint density at radius 1 is 1.26 bits per heavy atom. The van der Waals surface area contributed by atoms with Gasteiger partial charge in [-0.1, -0.05) is 0 Å². The molecule has 0 radical (unpaired) electrons. The number of nitrogens with one attached hydrogen (secondary N) is 1. The molecule has 2 fully saturated rings. The van der Waals surface area contributed by atoms with E-state index in [4.69, 9.17) is 4.74 Å². The number of rotatable bonds is 6. The number of carbonyl (C=O) groups is 2. The van der Waals surface area contributed by atoms with Gasteiger partial charge in [-0.05, 0) is 56.3 Å². The van der Waals surface area contributed by atoms with Crippen molar-refractivity contribution in [1.29, 1.82) is 5.26 Å². The summed E-state index contributed by atoms with van der Waals surface area (Å²) in [5, 5.41) is 32.3. The van der Waals surface area contributed by atoms with Crippen LogP contribution in [0.15, 0.2) is 18.3 Å². The number of pyridine rings is 2. The fourth-order valence-electron chi connectivity index (χ4n) is 4.77. The van der Waals surface area contributed by atoms with Crippen LogP contribution in [0.5, 0.6) is 5.75 Å². The lowest BCUT2D eigenvalue weighted by Gasteiger charge is -2.30. The van der Waals surface area contributed by atoms with Crippen molar-refractivity contribution in [3.63, 3.8) is 0 Å². The van der Waals surface area contributed by atoms with Crippen LogP contribution in [0.1, 0.15) is 54.4 Å². The van der Waals surface area contributed by atoms with Gasteiger partial charge in [0.15, 0.2) is 6.29 Å². The third-order valence-electron chi connectivity index (χ3n) is 6.89. The van der Waals surface area contributed by atoms with Crippen LogP contribution >= 0.6 is 0 Å². The van der Waals surface area contributed by atoms with E-state index in [0.717, 1.165) is 31.4 Å². The molecule has 2 aliphatic heterocycles. The fraction of sp³-hybridized carbons (Fsp3) is 0.500. The first-order chi connectivity index (χ1) is 18.3. The normalized spacial score (nSPS) is 18.1. The minimum absolute atomic E-state index is 0.0190. The first-order valence-corrected chi connectivity index (χ1v) is 12.8. The number of urea groups is 1. The van der Waals surface area contributed by atoms with Crippen LogP contribution in [0.4, 0.5) is 16.4 Å². The molecule has 12 nitrogen and oxygen atoms in total. The molecule has 0 atom stereocenters. The second-order valence-corrected chi connectivity index (χ2v) is 9.98. The van der Waals surface area contributed by atoms with Gasteiger partial charge < -0.3 is 19.8 Å². The Morgan fingerprint density at radius 3 is 2.82 bits per heavy atom. The second kappa shape index (κ2) is 10.9. The molecule has 200 valence electrons. The zero-order valence-corrected chi connectivity index (χ0v) is 21.3. The number of aliphatic hydroxyl groups is 2. The van der Waals surface area contributed by atoms with Gasteiger partial charge in [-0.15, -0.1) is 0 Å². The summed E-state index contributed by atoms with van der Waals surface area (Å²) in [7, 11) is 1.90. The molecular weight excluding hydrogens is 490 g/mol. The van der Waals surface area contributed by atoms with Gasteiger partial charge in [-0.2, -0.15) is 5.26 Å². The summed E-state index contributed by atoms with van der Waals surface area (Å²) in [6.45, 7) is 2.28. The lowest BCUT2D eigenvalue weighted by molar-refractivity contribution is -0.131. The highest BCUT2D eigenvalue weighted by atomic mass is 16.5. The second-order valence-electron chi connectivity index (χ2n) is 9.98. The van der Waals surface area contributed by atoms with Gasteiger partial charge in [0, 0.05) is 32.2 Å². The van der Waals surface area contributed by atoms with Gasteiger partial charge in [0.05, 0.1) is 18.8 Å². The number of fused-ring (bicyclic) bond motifs is 1. The number of anilines is 2. The maximum Gasteiger partial charge on any atom is 0.328 e. The SMILES string of the molecule is CN1CCCN(Cc2cc3c(nc2C(O)O)N(C(=O)Nc2cc(OC4CC4)c(C#N)cn2)CCC3)C(=O)C1. The van der Waals surface area contributed by atoms with Crippen LogP contribution in [0, 0.1) is 11.3 Å². The molecule has 3 aliphatic rings. The van der Waals surface area contributed by atoms with Crippen molar-refractivity contribution in [2.45, 2.75) is 51.0 Å². The van der Waals surface area contributed by atoms with Gasteiger partial charge >= 0.3 is 6.03 Å². The first kappa shape index (κ1) is 25.8. The van der Waals surface area contributed by atoms with Crippen molar-refractivity contribution in [3.8, 4) is 11.8 Å². The highest BCUT2D eigenvalue weighted by Crippen LogP contribution is 2.32. The number of likely N-dealkylation sites (N-methyl/N-ethyl adjacent to an activating group) is 1. The molecule has 1 saturated carbocycles. The van der Waals surface area contributed by atoms with Crippen molar-refractivity contribution in [1.82, 2.24) is 19.8 Å². The maximum absolute atomic E-state index is 13.3. The van der Waals surface area contributed by atoms with E-state index >= 15 is 0 Å². The van der Waals surface area contributed by atoms with Crippen molar-refractivity contribution >= 4 is 23.6 Å². The summed E-state index contributed by atoms with van der Waals surface area (Å²) in [6.07, 6.45) is 3.60. The molecular formula is C26H31N7O5. The molecule has 0 bridgehead atoms. The Bertz CT molecular complexity index is 1270. The van der Waals surface area contributed by atoms with Crippen molar-refractivity contribution in [3.05, 3.63) is 40.7 Å². The molecule has 4 heterocycles. The number of amides is 3. The maximum atomic E-state index is 13.3. The number of nitriles is 1. The molecule has 0 unspecified atom stereocenters. The number of carbonyl (C=O) groups excluding carboxylic acids is 2. The van der Waals surface area contributed by atoms with E-state index in [0.29, 0.717) is 55.2 Å². The van der Waals surface area contributed by atoms with Crippen LogP contribution in [0.25, 0.3) is 0 Å². The molecule has 3 N–H and O–H groups in total. The number of aliphatic hydroxyl groups excluding tert-OH is 1. The Labute approximate surface area is 220 Å². The lowest BCUT2D eigenvalue weighted by Crippen LogP contribution is -2.40. The number of aryl methyl sites for hydroxylation is 1. The van der Waals surface area contributed by atoms with Gasteiger partial charge in [0.25, 0.3) is 0 Å². The quantitative estimate of drug-likeness (QED) is 0.480. The Hall–Kier alpha value is -3.79.